The number of rotatable bonds is 6. The van der Waals surface area contributed by atoms with Crippen molar-refractivity contribution in [2.45, 2.75) is 37.6 Å². The first-order valence-electron chi connectivity index (χ1n) is 9.78. The van der Waals surface area contributed by atoms with Crippen LogP contribution in [0.5, 0.6) is 0 Å². The van der Waals surface area contributed by atoms with Crippen molar-refractivity contribution in [3.8, 4) is 0 Å². The van der Waals surface area contributed by atoms with Gasteiger partial charge in [-0.15, -0.1) is 11.3 Å². The Hall–Kier alpha value is -1.81. The Balaban J connectivity index is 1.42. The summed E-state index contributed by atoms with van der Waals surface area (Å²) in [5.74, 6) is 0.921. The number of carbonyl (C=O) groups excluding carboxylic acids is 1. The molecule has 2 aromatic rings. The summed E-state index contributed by atoms with van der Waals surface area (Å²) in [6.07, 6.45) is 6.81. The topological polar surface area (TPSA) is 75.5 Å². The molecule has 0 radical (unpaired) electrons. The van der Waals surface area contributed by atoms with E-state index in [1.807, 2.05) is 38.1 Å². The minimum Gasteiger partial charge on any atom is -0.352 e. The van der Waals surface area contributed by atoms with E-state index in [1.165, 1.54) is 0 Å². The van der Waals surface area contributed by atoms with Gasteiger partial charge in [0.15, 0.2) is 6.10 Å². The Kier molecular flexibility index (Phi) is 5.77. The van der Waals surface area contributed by atoms with Gasteiger partial charge in [-0.3, -0.25) is 9.69 Å². The molecule has 2 aliphatic heterocycles. The van der Waals surface area contributed by atoms with Crippen LogP contribution in [-0.2, 0) is 28.2 Å². The van der Waals surface area contributed by atoms with Crippen molar-refractivity contribution in [2.75, 3.05) is 40.3 Å². The Labute approximate surface area is 169 Å². The number of piperidine rings is 1. The van der Waals surface area contributed by atoms with Gasteiger partial charge in [-0.05, 0) is 26.9 Å². The molecule has 0 saturated carbocycles. The van der Waals surface area contributed by atoms with Gasteiger partial charge in [0, 0.05) is 50.1 Å². The highest BCUT2D eigenvalue weighted by molar-refractivity contribution is 7.09. The quantitative estimate of drug-likeness (QED) is 0.771. The van der Waals surface area contributed by atoms with Crippen LogP contribution in [0.3, 0.4) is 0 Å². The number of carbonyl (C=O) groups is 1. The molecule has 1 amide bonds. The largest absolute Gasteiger partial charge is 0.352 e. The van der Waals surface area contributed by atoms with Crippen molar-refractivity contribution in [3.63, 3.8) is 0 Å². The predicted molar refractivity (Wildman–Crippen MR) is 107 cm³/mol. The van der Waals surface area contributed by atoms with E-state index < -0.39 is 11.7 Å². The Morgan fingerprint density at radius 3 is 2.89 bits per heavy atom. The summed E-state index contributed by atoms with van der Waals surface area (Å²) >= 11 is 1.69. The van der Waals surface area contributed by atoms with Crippen molar-refractivity contribution in [2.24, 2.45) is 0 Å². The molecule has 1 fully saturated rings. The lowest BCUT2D eigenvalue weighted by Crippen LogP contribution is -2.54. The number of likely N-dealkylation sites (N-methyl/N-ethyl adjacent to an activating group) is 1. The van der Waals surface area contributed by atoms with Crippen LogP contribution in [0.15, 0.2) is 24.0 Å². The van der Waals surface area contributed by atoms with Gasteiger partial charge in [-0.1, -0.05) is 0 Å². The van der Waals surface area contributed by atoms with Gasteiger partial charge in [-0.25, -0.2) is 9.97 Å². The number of fused-ring (bicyclic) bond motifs is 2. The second kappa shape index (κ2) is 8.28. The third-order valence-corrected chi connectivity index (χ3v) is 6.27. The van der Waals surface area contributed by atoms with E-state index >= 15 is 0 Å². The lowest BCUT2D eigenvalue weighted by molar-refractivity contribution is -0.173. The maximum atomic E-state index is 12.7. The number of imidazole rings is 1. The Bertz CT molecular complexity index is 782. The van der Waals surface area contributed by atoms with Crippen LogP contribution >= 0.6 is 11.3 Å². The van der Waals surface area contributed by atoms with E-state index in [0.717, 1.165) is 49.9 Å². The molecular weight excluding hydrogens is 376 g/mol. The molecule has 4 heterocycles. The number of hydrogen-bond acceptors (Lipinski definition) is 7. The molecule has 2 aromatic heterocycles. The first-order valence-corrected chi connectivity index (χ1v) is 10.7. The molecule has 1 spiro atoms. The SMILES string of the molecule is CN(C)CCNC(=O)C1Cn2ccnc2C2(CCN(Cc3nccs3)CC2)O1. The molecular formula is C19H28N6O2S. The fraction of sp³-hybridized carbons (Fsp3) is 0.632. The minimum absolute atomic E-state index is 0.0363. The van der Waals surface area contributed by atoms with Crippen LogP contribution in [-0.4, -0.2) is 76.6 Å². The maximum Gasteiger partial charge on any atom is 0.251 e. The molecule has 0 aromatic carbocycles. The van der Waals surface area contributed by atoms with Gasteiger partial charge in [0.05, 0.1) is 13.1 Å². The van der Waals surface area contributed by atoms with Gasteiger partial charge in [-0.2, -0.15) is 0 Å². The number of amides is 1. The second-order valence-electron chi connectivity index (χ2n) is 7.80. The fourth-order valence-corrected chi connectivity index (χ4v) is 4.64. The van der Waals surface area contributed by atoms with E-state index in [-0.39, 0.29) is 5.91 Å². The molecule has 1 atom stereocenters. The molecule has 0 bridgehead atoms. The summed E-state index contributed by atoms with van der Waals surface area (Å²) in [4.78, 5) is 26.1. The van der Waals surface area contributed by atoms with Crippen LogP contribution in [0.4, 0.5) is 0 Å². The van der Waals surface area contributed by atoms with Gasteiger partial charge in [0.25, 0.3) is 5.91 Å². The third kappa shape index (κ3) is 4.12. The Morgan fingerprint density at radius 1 is 1.36 bits per heavy atom. The van der Waals surface area contributed by atoms with Crippen molar-refractivity contribution >= 4 is 17.2 Å². The van der Waals surface area contributed by atoms with E-state index in [1.54, 1.807) is 11.3 Å². The number of likely N-dealkylation sites (tertiary alicyclic amines) is 1. The summed E-state index contributed by atoms with van der Waals surface area (Å²) in [7, 11) is 3.99. The second-order valence-corrected chi connectivity index (χ2v) is 8.78. The van der Waals surface area contributed by atoms with Gasteiger partial charge in [0.2, 0.25) is 0 Å². The molecule has 4 rings (SSSR count). The normalized spacial score (nSPS) is 21.8. The van der Waals surface area contributed by atoms with Gasteiger partial charge < -0.3 is 19.5 Å². The lowest BCUT2D eigenvalue weighted by atomic mass is 9.88. The summed E-state index contributed by atoms with van der Waals surface area (Å²) in [5.41, 5.74) is -0.481. The molecule has 28 heavy (non-hydrogen) atoms. The van der Waals surface area contributed by atoms with Gasteiger partial charge >= 0.3 is 0 Å². The standard InChI is InChI=1S/C19H28N6O2S/c1-23(2)10-5-21-17(26)15-13-25-11-6-22-18(25)19(27-15)3-8-24(9-4-19)14-16-20-7-12-28-16/h6-7,11-12,15H,3-5,8-10,13-14H2,1-2H3,(H,21,26). The van der Waals surface area contributed by atoms with E-state index in [2.05, 4.69) is 29.7 Å². The highest BCUT2D eigenvalue weighted by Gasteiger charge is 2.47. The summed E-state index contributed by atoms with van der Waals surface area (Å²) in [6, 6.07) is 0. The molecule has 8 nitrogen and oxygen atoms in total. The smallest absolute Gasteiger partial charge is 0.251 e. The number of nitrogens with zero attached hydrogens (tertiary/aromatic N) is 5. The predicted octanol–water partition coefficient (Wildman–Crippen LogP) is 0.908. The monoisotopic (exact) mass is 404 g/mol. The zero-order valence-corrected chi connectivity index (χ0v) is 17.3. The van der Waals surface area contributed by atoms with Crippen LogP contribution in [0.25, 0.3) is 0 Å². The molecule has 2 aliphatic rings. The minimum atomic E-state index is -0.481. The maximum absolute atomic E-state index is 12.7. The molecule has 9 heteroatoms. The fourth-order valence-electron chi connectivity index (χ4n) is 3.99. The number of ether oxygens (including phenoxy) is 1. The van der Waals surface area contributed by atoms with E-state index in [4.69, 9.17) is 4.74 Å². The van der Waals surface area contributed by atoms with Gasteiger partial charge in [0.1, 0.15) is 16.4 Å². The molecule has 1 saturated heterocycles. The van der Waals surface area contributed by atoms with Crippen molar-refractivity contribution in [1.82, 2.24) is 29.7 Å². The molecule has 1 unspecified atom stereocenters. The first kappa shape index (κ1) is 19.5. The van der Waals surface area contributed by atoms with Crippen LogP contribution < -0.4 is 5.32 Å². The number of hydrogen-bond donors (Lipinski definition) is 1. The van der Waals surface area contributed by atoms with E-state index in [0.29, 0.717) is 13.1 Å². The van der Waals surface area contributed by atoms with E-state index in [9.17, 15) is 4.79 Å². The highest BCUT2D eigenvalue weighted by atomic mass is 32.1. The molecule has 1 N–H and O–H groups in total. The number of thiazole rings is 1. The lowest BCUT2D eigenvalue weighted by Gasteiger charge is -2.45. The highest BCUT2D eigenvalue weighted by Crippen LogP contribution is 2.40. The third-order valence-electron chi connectivity index (χ3n) is 5.51. The summed E-state index contributed by atoms with van der Waals surface area (Å²) in [6.45, 7) is 4.63. The number of nitrogens with one attached hydrogen (secondary N) is 1. The summed E-state index contributed by atoms with van der Waals surface area (Å²) in [5, 5.41) is 6.16. The first-order chi connectivity index (χ1) is 13.6. The zero-order valence-electron chi connectivity index (χ0n) is 16.5. The van der Waals surface area contributed by atoms with Crippen molar-refractivity contribution in [1.29, 1.82) is 0 Å². The van der Waals surface area contributed by atoms with Crippen LogP contribution in [0.2, 0.25) is 0 Å². The molecule has 152 valence electrons. The molecule has 0 aliphatic carbocycles. The van der Waals surface area contributed by atoms with Crippen molar-refractivity contribution in [3.05, 3.63) is 34.8 Å². The van der Waals surface area contributed by atoms with Crippen LogP contribution in [0.1, 0.15) is 23.7 Å². The zero-order chi connectivity index (χ0) is 19.6. The average molecular weight is 405 g/mol. The Morgan fingerprint density at radius 2 is 2.18 bits per heavy atom. The van der Waals surface area contributed by atoms with Crippen molar-refractivity contribution < 1.29 is 9.53 Å². The number of aromatic nitrogens is 3. The average Bonchev–Trinajstić information content (AvgIpc) is 3.35. The van der Waals surface area contributed by atoms with Crippen LogP contribution in [0, 0.1) is 0 Å². The summed E-state index contributed by atoms with van der Waals surface area (Å²) < 4.78 is 8.55.